The molecule has 0 aliphatic carbocycles. The lowest BCUT2D eigenvalue weighted by molar-refractivity contribution is 0.0937. The van der Waals surface area contributed by atoms with E-state index in [-0.39, 0.29) is 22.3 Å². The van der Waals surface area contributed by atoms with Gasteiger partial charge < -0.3 is 5.32 Å². The predicted octanol–water partition coefficient (Wildman–Crippen LogP) is 4.48. The van der Waals surface area contributed by atoms with Crippen LogP contribution in [0, 0.1) is 0 Å². The normalized spacial score (nSPS) is 12.2. The standard InChI is InChI=1S/C14H20Cl2N2O/c1-3-4-5-6-7-10(2)17-14(19)11-8-9-12(15)18-13(11)16/h8-10H,3-7H2,1-2H3,(H,17,19). The topological polar surface area (TPSA) is 42.0 Å². The van der Waals surface area contributed by atoms with E-state index in [1.807, 2.05) is 6.92 Å². The third-order valence-corrected chi connectivity index (χ3v) is 3.43. The Kier molecular flexibility index (Phi) is 7.17. The number of rotatable bonds is 7. The van der Waals surface area contributed by atoms with Gasteiger partial charge in [0, 0.05) is 6.04 Å². The summed E-state index contributed by atoms with van der Waals surface area (Å²) in [6, 6.07) is 3.29. The minimum atomic E-state index is -0.197. The molecule has 1 amide bonds. The Labute approximate surface area is 124 Å². The van der Waals surface area contributed by atoms with Crippen molar-refractivity contribution in [1.29, 1.82) is 0 Å². The van der Waals surface area contributed by atoms with E-state index in [1.54, 1.807) is 12.1 Å². The third kappa shape index (κ3) is 5.79. The summed E-state index contributed by atoms with van der Waals surface area (Å²) in [7, 11) is 0. The van der Waals surface area contributed by atoms with Crippen LogP contribution in [-0.2, 0) is 0 Å². The Morgan fingerprint density at radius 1 is 1.32 bits per heavy atom. The van der Waals surface area contributed by atoms with E-state index in [1.165, 1.54) is 19.3 Å². The van der Waals surface area contributed by atoms with E-state index in [0.29, 0.717) is 5.56 Å². The summed E-state index contributed by atoms with van der Waals surface area (Å²) in [4.78, 5) is 15.9. The van der Waals surface area contributed by atoms with Crippen molar-refractivity contribution in [3.63, 3.8) is 0 Å². The number of halogens is 2. The lowest BCUT2D eigenvalue weighted by Crippen LogP contribution is -2.32. The Morgan fingerprint density at radius 2 is 2.05 bits per heavy atom. The number of nitrogens with zero attached hydrogens (tertiary/aromatic N) is 1. The lowest BCUT2D eigenvalue weighted by Gasteiger charge is -2.14. The van der Waals surface area contributed by atoms with Crippen molar-refractivity contribution in [3.8, 4) is 0 Å². The minimum absolute atomic E-state index is 0.135. The molecule has 1 rings (SSSR count). The fourth-order valence-electron chi connectivity index (χ4n) is 1.83. The molecule has 0 spiro atoms. The molecule has 3 nitrogen and oxygen atoms in total. The number of nitrogens with one attached hydrogen (secondary N) is 1. The van der Waals surface area contributed by atoms with Crippen LogP contribution in [0.5, 0.6) is 0 Å². The average molecular weight is 303 g/mol. The molecule has 0 fully saturated rings. The molecule has 0 saturated carbocycles. The average Bonchev–Trinajstić information content (AvgIpc) is 2.34. The zero-order valence-corrected chi connectivity index (χ0v) is 12.9. The molecule has 1 unspecified atom stereocenters. The summed E-state index contributed by atoms with van der Waals surface area (Å²) in [5, 5.41) is 3.36. The number of unbranched alkanes of at least 4 members (excludes halogenated alkanes) is 3. The van der Waals surface area contributed by atoms with Crippen LogP contribution < -0.4 is 5.32 Å². The maximum Gasteiger partial charge on any atom is 0.254 e. The fraction of sp³-hybridized carbons (Fsp3) is 0.571. The second kappa shape index (κ2) is 8.39. The maximum atomic E-state index is 12.0. The van der Waals surface area contributed by atoms with Crippen molar-refractivity contribution in [2.24, 2.45) is 0 Å². The number of hydrogen-bond donors (Lipinski definition) is 1. The zero-order chi connectivity index (χ0) is 14.3. The van der Waals surface area contributed by atoms with E-state index in [2.05, 4.69) is 17.2 Å². The Morgan fingerprint density at radius 3 is 2.68 bits per heavy atom. The summed E-state index contributed by atoms with van der Waals surface area (Å²) in [6.07, 6.45) is 5.77. The predicted molar refractivity (Wildman–Crippen MR) is 79.9 cm³/mol. The summed E-state index contributed by atoms with van der Waals surface area (Å²) in [5.74, 6) is -0.197. The van der Waals surface area contributed by atoms with E-state index >= 15 is 0 Å². The van der Waals surface area contributed by atoms with Crippen molar-refractivity contribution >= 4 is 29.1 Å². The second-order valence-corrected chi connectivity index (χ2v) is 5.44. The smallest absolute Gasteiger partial charge is 0.254 e. The molecule has 0 radical (unpaired) electrons. The monoisotopic (exact) mass is 302 g/mol. The molecular weight excluding hydrogens is 283 g/mol. The highest BCUT2D eigenvalue weighted by molar-refractivity contribution is 6.34. The van der Waals surface area contributed by atoms with Gasteiger partial charge in [-0.2, -0.15) is 0 Å². The van der Waals surface area contributed by atoms with Crippen molar-refractivity contribution in [1.82, 2.24) is 10.3 Å². The van der Waals surface area contributed by atoms with Gasteiger partial charge >= 0.3 is 0 Å². The number of pyridine rings is 1. The number of carbonyl (C=O) groups is 1. The van der Waals surface area contributed by atoms with Gasteiger partial charge in [0.25, 0.3) is 5.91 Å². The Hall–Kier alpha value is -0.800. The van der Waals surface area contributed by atoms with Gasteiger partial charge in [-0.3, -0.25) is 4.79 Å². The van der Waals surface area contributed by atoms with Crippen LogP contribution in [0.3, 0.4) is 0 Å². The first-order chi connectivity index (χ1) is 9.04. The first kappa shape index (κ1) is 16.3. The van der Waals surface area contributed by atoms with Crippen molar-refractivity contribution in [3.05, 3.63) is 28.0 Å². The minimum Gasteiger partial charge on any atom is -0.349 e. The lowest BCUT2D eigenvalue weighted by atomic mass is 10.1. The molecule has 0 bridgehead atoms. The SMILES string of the molecule is CCCCCCC(C)NC(=O)c1ccc(Cl)nc1Cl. The van der Waals surface area contributed by atoms with Crippen molar-refractivity contribution in [2.75, 3.05) is 0 Å². The summed E-state index contributed by atoms with van der Waals surface area (Å²) in [6.45, 7) is 4.18. The first-order valence-corrected chi connectivity index (χ1v) is 7.43. The van der Waals surface area contributed by atoms with Gasteiger partial charge in [-0.15, -0.1) is 0 Å². The van der Waals surface area contributed by atoms with Crippen LogP contribution in [-0.4, -0.2) is 16.9 Å². The van der Waals surface area contributed by atoms with Gasteiger partial charge in [-0.25, -0.2) is 4.98 Å². The summed E-state index contributed by atoms with van der Waals surface area (Å²) in [5.41, 5.74) is 0.367. The van der Waals surface area contributed by atoms with Crippen molar-refractivity contribution in [2.45, 2.75) is 52.0 Å². The molecule has 1 N–H and O–H groups in total. The Bertz CT molecular complexity index is 424. The van der Waals surface area contributed by atoms with E-state index < -0.39 is 0 Å². The van der Waals surface area contributed by atoms with Crippen LogP contribution in [0.15, 0.2) is 12.1 Å². The summed E-state index contributed by atoms with van der Waals surface area (Å²) >= 11 is 11.6. The van der Waals surface area contributed by atoms with Gasteiger partial charge in [0.1, 0.15) is 10.3 Å². The molecule has 1 aromatic rings. The highest BCUT2D eigenvalue weighted by Crippen LogP contribution is 2.17. The highest BCUT2D eigenvalue weighted by Gasteiger charge is 2.14. The van der Waals surface area contributed by atoms with Gasteiger partial charge in [0.2, 0.25) is 0 Å². The second-order valence-electron chi connectivity index (χ2n) is 4.70. The molecule has 0 aliphatic heterocycles. The first-order valence-electron chi connectivity index (χ1n) is 6.67. The van der Waals surface area contributed by atoms with Crippen LogP contribution >= 0.6 is 23.2 Å². The Balaban J connectivity index is 2.45. The van der Waals surface area contributed by atoms with Crippen LogP contribution in [0.25, 0.3) is 0 Å². The quantitative estimate of drug-likeness (QED) is 0.596. The molecular formula is C14H20Cl2N2O. The number of amides is 1. The largest absolute Gasteiger partial charge is 0.349 e. The molecule has 1 heterocycles. The van der Waals surface area contributed by atoms with Crippen LogP contribution in [0.4, 0.5) is 0 Å². The van der Waals surface area contributed by atoms with Crippen LogP contribution in [0.2, 0.25) is 10.3 Å². The number of aromatic nitrogens is 1. The zero-order valence-electron chi connectivity index (χ0n) is 11.4. The third-order valence-electron chi connectivity index (χ3n) is 2.93. The molecule has 1 atom stereocenters. The highest BCUT2D eigenvalue weighted by atomic mass is 35.5. The van der Waals surface area contributed by atoms with E-state index in [9.17, 15) is 4.79 Å². The van der Waals surface area contributed by atoms with Crippen molar-refractivity contribution < 1.29 is 4.79 Å². The molecule has 0 saturated heterocycles. The molecule has 19 heavy (non-hydrogen) atoms. The number of carbonyl (C=O) groups excluding carboxylic acids is 1. The molecule has 0 aromatic carbocycles. The molecule has 0 aliphatic rings. The van der Waals surface area contributed by atoms with E-state index in [0.717, 1.165) is 12.8 Å². The maximum absolute atomic E-state index is 12.0. The fourth-order valence-corrected chi connectivity index (χ4v) is 2.26. The van der Waals surface area contributed by atoms with Gasteiger partial charge in [-0.1, -0.05) is 55.8 Å². The molecule has 1 aromatic heterocycles. The van der Waals surface area contributed by atoms with E-state index in [4.69, 9.17) is 23.2 Å². The van der Waals surface area contributed by atoms with Crippen LogP contribution in [0.1, 0.15) is 56.3 Å². The molecule has 5 heteroatoms. The van der Waals surface area contributed by atoms with Gasteiger partial charge in [0.05, 0.1) is 5.56 Å². The van der Waals surface area contributed by atoms with Gasteiger partial charge in [0.15, 0.2) is 0 Å². The summed E-state index contributed by atoms with van der Waals surface area (Å²) < 4.78 is 0. The molecule has 106 valence electrons. The van der Waals surface area contributed by atoms with Gasteiger partial charge in [-0.05, 0) is 25.5 Å². The number of hydrogen-bond acceptors (Lipinski definition) is 2.